The van der Waals surface area contributed by atoms with Gasteiger partial charge in [-0.3, -0.25) is 14.1 Å². The molecule has 0 amide bonds. The first-order chi connectivity index (χ1) is 17.6. The molecule has 1 aliphatic carbocycles. The molecule has 0 heterocycles. The number of carbonyl (C=O) groups excluding carboxylic acids is 2. The first-order valence-electron chi connectivity index (χ1n) is 10.4. The first kappa shape index (κ1) is 30.9. The van der Waals surface area contributed by atoms with Crippen LogP contribution in [0.25, 0.3) is 0 Å². The molecule has 200 valence electrons. The molecule has 0 aromatic heterocycles. The fourth-order valence-corrected chi connectivity index (χ4v) is 6.05. The number of rotatable bonds is 8. The van der Waals surface area contributed by atoms with Gasteiger partial charge in [-0.1, -0.05) is 30.3 Å². The maximum absolute atomic E-state index is 13.3. The number of hydrogen-bond donors (Lipinski definition) is 3. The molecule has 0 aliphatic heterocycles. The molecule has 3 aromatic carbocycles. The molecular formula is C22H17N2NaO11S3. The van der Waals surface area contributed by atoms with Crippen LogP contribution in [0.3, 0.4) is 0 Å². The molecule has 0 radical (unpaired) electrons. The normalized spacial score (nSPS) is 13.3. The van der Waals surface area contributed by atoms with Gasteiger partial charge in [-0.25, -0.2) is 21.0 Å². The molecule has 4 N–H and O–H groups in total. The van der Waals surface area contributed by atoms with Gasteiger partial charge in [-0.05, 0) is 24.3 Å². The summed E-state index contributed by atoms with van der Waals surface area (Å²) in [6.07, 6.45) is 0. The Morgan fingerprint density at radius 3 is 2.03 bits per heavy atom. The summed E-state index contributed by atoms with van der Waals surface area (Å²) in [6.45, 7) is -0.870. The average molecular weight is 605 g/mol. The van der Waals surface area contributed by atoms with Crippen molar-refractivity contribution >= 4 is 59.0 Å². The number of carbonyl (C=O) groups is 2. The van der Waals surface area contributed by atoms with E-state index in [0.29, 0.717) is 0 Å². The van der Waals surface area contributed by atoms with Crippen molar-refractivity contribution in [3.8, 4) is 0 Å². The van der Waals surface area contributed by atoms with Gasteiger partial charge in [0, 0.05) is 16.8 Å². The third kappa shape index (κ3) is 6.40. The third-order valence-electron chi connectivity index (χ3n) is 5.53. The molecule has 0 unspecified atom stereocenters. The maximum atomic E-state index is 13.3. The van der Waals surface area contributed by atoms with Gasteiger partial charge >= 0.3 is 40.0 Å². The molecule has 0 saturated carbocycles. The summed E-state index contributed by atoms with van der Waals surface area (Å²) in [7, 11) is -14.2. The SMILES string of the molecule is Nc1c(S(=O)(=O)[O-])cc(Nc2cccc(S(=O)(=O)CCOS(=O)(=O)O)c2)c2c1C(=O)c1ccccc1C2=O.[Na+]. The van der Waals surface area contributed by atoms with Crippen LogP contribution in [0.15, 0.2) is 64.4 Å². The van der Waals surface area contributed by atoms with Gasteiger partial charge in [-0.15, -0.1) is 0 Å². The Bertz CT molecular complexity index is 1840. The summed E-state index contributed by atoms with van der Waals surface area (Å²) in [5.74, 6) is -2.29. The average Bonchev–Trinajstić information content (AvgIpc) is 2.82. The number of sulfone groups is 1. The summed E-state index contributed by atoms with van der Waals surface area (Å²) in [5.41, 5.74) is 4.09. The van der Waals surface area contributed by atoms with Crippen molar-refractivity contribution < 1.29 is 77.7 Å². The number of ketones is 2. The van der Waals surface area contributed by atoms with E-state index in [2.05, 4.69) is 9.50 Å². The maximum Gasteiger partial charge on any atom is 1.00 e. The Hall–Kier alpha value is -2.67. The van der Waals surface area contributed by atoms with Crippen molar-refractivity contribution in [2.45, 2.75) is 9.79 Å². The minimum atomic E-state index is -5.21. The minimum Gasteiger partial charge on any atom is -0.744 e. The zero-order valence-corrected chi connectivity index (χ0v) is 24.4. The smallest absolute Gasteiger partial charge is 0.744 e. The molecule has 0 bridgehead atoms. The molecular weight excluding hydrogens is 587 g/mol. The Morgan fingerprint density at radius 2 is 1.46 bits per heavy atom. The summed E-state index contributed by atoms with van der Waals surface area (Å²) in [6, 6.07) is 11.4. The summed E-state index contributed by atoms with van der Waals surface area (Å²) in [4.78, 5) is 25.3. The second-order valence-corrected chi connectivity index (χ2v) is 12.5. The van der Waals surface area contributed by atoms with Crippen LogP contribution in [0.5, 0.6) is 0 Å². The van der Waals surface area contributed by atoms with E-state index < -0.39 is 70.4 Å². The fraction of sp³-hybridized carbons (Fsp3) is 0.0909. The molecule has 0 saturated heterocycles. The largest absolute Gasteiger partial charge is 1.00 e. The van der Waals surface area contributed by atoms with Crippen molar-refractivity contribution in [3.05, 3.63) is 76.9 Å². The Labute approximate surface area is 245 Å². The number of fused-ring (bicyclic) bond motifs is 2. The second-order valence-electron chi connectivity index (χ2n) is 7.97. The molecule has 17 heteroatoms. The molecule has 39 heavy (non-hydrogen) atoms. The van der Waals surface area contributed by atoms with Crippen molar-refractivity contribution in [3.63, 3.8) is 0 Å². The molecule has 1 aliphatic rings. The van der Waals surface area contributed by atoms with Gasteiger partial charge in [0.05, 0.1) is 44.7 Å². The van der Waals surface area contributed by atoms with Crippen LogP contribution in [-0.4, -0.2) is 58.3 Å². The number of nitrogens with two attached hydrogens (primary N) is 1. The van der Waals surface area contributed by atoms with Crippen LogP contribution in [-0.2, 0) is 34.5 Å². The fourth-order valence-electron chi connectivity index (χ4n) is 3.89. The van der Waals surface area contributed by atoms with Gasteiger partial charge in [0.2, 0.25) is 0 Å². The van der Waals surface area contributed by atoms with E-state index in [4.69, 9.17) is 10.3 Å². The summed E-state index contributed by atoms with van der Waals surface area (Å²) < 4.78 is 95.0. The van der Waals surface area contributed by atoms with E-state index in [-0.39, 0.29) is 62.5 Å². The van der Waals surface area contributed by atoms with Crippen LogP contribution < -0.4 is 40.6 Å². The molecule has 0 fully saturated rings. The molecule has 0 atom stereocenters. The third-order valence-corrected chi connectivity index (χ3v) is 8.54. The van der Waals surface area contributed by atoms with E-state index in [1.807, 2.05) is 0 Å². The van der Waals surface area contributed by atoms with Gasteiger partial charge in [0.15, 0.2) is 21.4 Å². The van der Waals surface area contributed by atoms with E-state index in [9.17, 15) is 39.4 Å². The quantitative estimate of drug-likeness (QED) is 0.116. The first-order valence-corrected chi connectivity index (χ1v) is 14.9. The number of anilines is 3. The Kier molecular flexibility index (Phi) is 8.76. The van der Waals surface area contributed by atoms with E-state index in [1.54, 1.807) is 0 Å². The standard InChI is InChI=1S/C22H18N2O11S3.Na/c23-20-17(37(29,30)31)11-16(18-19(20)22(26)15-7-2-1-6-14(15)21(18)25)24-12-4-3-5-13(10-12)36(27,28)9-8-35-38(32,33)34;/h1-7,10-11,24H,8-9,23H2,(H,29,30,31)(H,32,33,34);/q;+1/p-1. The number of nitrogens with one attached hydrogen (secondary N) is 1. The van der Waals surface area contributed by atoms with Gasteiger partial charge < -0.3 is 15.6 Å². The molecule has 4 rings (SSSR count). The topological polar surface area (TPSA) is 227 Å². The number of benzene rings is 3. The van der Waals surface area contributed by atoms with Gasteiger partial charge in [-0.2, -0.15) is 8.42 Å². The predicted molar refractivity (Wildman–Crippen MR) is 131 cm³/mol. The molecule has 0 spiro atoms. The van der Waals surface area contributed by atoms with Crippen molar-refractivity contribution in [2.24, 2.45) is 0 Å². The zero-order chi connectivity index (χ0) is 28.0. The predicted octanol–water partition coefficient (Wildman–Crippen LogP) is -1.71. The van der Waals surface area contributed by atoms with Crippen LogP contribution >= 0.6 is 0 Å². The summed E-state index contributed by atoms with van der Waals surface area (Å²) >= 11 is 0. The minimum absolute atomic E-state index is 0. The second kappa shape index (κ2) is 11.1. The number of nitrogen functional groups attached to an aromatic ring is 1. The van der Waals surface area contributed by atoms with Crippen molar-refractivity contribution in [1.82, 2.24) is 0 Å². The monoisotopic (exact) mass is 604 g/mol. The number of hydrogen-bond acceptors (Lipinski definition) is 12. The van der Waals surface area contributed by atoms with Crippen LogP contribution in [0.2, 0.25) is 0 Å². The van der Waals surface area contributed by atoms with Gasteiger partial charge in [0.1, 0.15) is 10.1 Å². The van der Waals surface area contributed by atoms with Crippen LogP contribution in [0, 0.1) is 0 Å². The van der Waals surface area contributed by atoms with E-state index >= 15 is 0 Å². The van der Waals surface area contributed by atoms with Crippen molar-refractivity contribution in [2.75, 3.05) is 23.4 Å². The summed E-state index contributed by atoms with van der Waals surface area (Å²) in [5, 5.41) is 2.68. The Morgan fingerprint density at radius 1 is 0.872 bits per heavy atom. The Balaban J connectivity index is 0.00000420. The van der Waals surface area contributed by atoms with E-state index in [1.165, 1.54) is 42.5 Å². The van der Waals surface area contributed by atoms with E-state index in [0.717, 1.165) is 12.1 Å². The molecule has 3 aromatic rings. The zero-order valence-electron chi connectivity index (χ0n) is 19.9. The van der Waals surface area contributed by atoms with Gasteiger partial charge in [0.25, 0.3) is 0 Å². The molecule has 13 nitrogen and oxygen atoms in total. The van der Waals surface area contributed by atoms with Crippen LogP contribution in [0.4, 0.5) is 17.1 Å². The van der Waals surface area contributed by atoms with Crippen molar-refractivity contribution in [1.29, 1.82) is 0 Å². The van der Waals surface area contributed by atoms with Crippen LogP contribution in [0.1, 0.15) is 31.8 Å².